The van der Waals surface area contributed by atoms with Crippen LogP contribution in [0, 0.1) is 0 Å². The summed E-state index contributed by atoms with van der Waals surface area (Å²) in [6, 6.07) is 56.8. The highest BCUT2D eigenvalue weighted by Gasteiger charge is 2.37. The number of hydrogen-bond acceptors (Lipinski definition) is 2. The predicted molar refractivity (Wildman–Crippen MR) is 211 cm³/mol. The number of nitrogens with zero attached hydrogens (tertiary/aromatic N) is 1. The molecule has 1 unspecified atom stereocenters. The largest absolute Gasteiger partial charge is 0.366 e. The molecular weight excluding hydrogens is 607 g/mol. The van der Waals surface area contributed by atoms with Crippen LogP contribution in [0.15, 0.2) is 164 Å². The summed E-state index contributed by atoms with van der Waals surface area (Å²) in [6.07, 6.45) is 1.96. The third-order valence-electron chi connectivity index (χ3n) is 10.7. The molecule has 1 aliphatic carbocycles. The van der Waals surface area contributed by atoms with Crippen molar-refractivity contribution in [2.24, 2.45) is 5.73 Å². The Morgan fingerprint density at radius 2 is 1.32 bits per heavy atom. The molecule has 0 amide bonds. The van der Waals surface area contributed by atoms with E-state index in [1.54, 1.807) is 0 Å². The van der Waals surface area contributed by atoms with E-state index in [4.69, 9.17) is 5.73 Å². The third kappa shape index (κ3) is 4.93. The molecule has 3 N–H and O–H groups in total. The zero-order valence-electron chi connectivity index (χ0n) is 28.4. The van der Waals surface area contributed by atoms with Gasteiger partial charge in [-0.15, -0.1) is 0 Å². The molecule has 1 heterocycles. The van der Waals surface area contributed by atoms with Gasteiger partial charge in [0.2, 0.25) is 0 Å². The van der Waals surface area contributed by atoms with Gasteiger partial charge < -0.3 is 15.6 Å². The Balaban J connectivity index is 1.22. The van der Waals surface area contributed by atoms with Crippen LogP contribution in [-0.2, 0) is 12.0 Å². The lowest BCUT2D eigenvalue weighted by atomic mass is 9.81. The molecule has 1 aliphatic rings. The van der Waals surface area contributed by atoms with Crippen molar-refractivity contribution in [2.75, 3.05) is 0 Å². The average molecular weight is 646 g/mol. The van der Waals surface area contributed by atoms with E-state index >= 15 is 0 Å². The van der Waals surface area contributed by atoms with Gasteiger partial charge in [0.05, 0.1) is 0 Å². The van der Waals surface area contributed by atoms with Gasteiger partial charge in [0.15, 0.2) is 0 Å². The Labute approximate surface area is 293 Å². The van der Waals surface area contributed by atoms with Gasteiger partial charge in [-0.2, -0.15) is 0 Å². The summed E-state index contributed by atoms with van der Waals surface area (Å²) in [6.45, 7) is 5.38. The monoisotopic (exact) mass is 645 g/mol. The molecule has 3 nitrogen and oxygen atoms in total. The number of benzene rings is 7. The standard InChI is InChI=1S/C47H39N3/c1-47(2)40-22-13-21-37(45(40)39-29-33-18-9-10-19-34(33)30-41(39)47)42(49-46(48)32-16-7-4-8-17-32)26-27-50-43-23-12-11-20-36(43)38-28-35(24-25-44(38)50)31-14-5-3-6-15-31/h3-26,28-30,46,49H,27,48H2,1-2H3/b42-26-. The molecule has 1 atom stereocenters. The highest BCUT2D eigenvalue weighted by Crippen LogP contribution is 2.52. The van der Waals surface area contributed by atoms with E-state index in [2.05, 4.69) is 169 Å². The van der Waals surface area contributed by atoms with Gasteiger partial charge in [0.1, 0.15) is 6.17 Å². The van der Waals surface area contributed by atoms with E-state index < -0.39 is 0 Å². The molecule has 0 aliphatic heterocycles. The van der Waals surface area contributed by atoms with Gasteiger partial charge in [-0.05, 0) is 86.1 Å². The Hall–Kier alpha value is -5.90. The van der Waals surface area contributed by atoms with E-state index in [9.17, 15) is 0 Å². The second-order valence-corrected chi connectivity index (χ2v) is 14.0. The number of nitrogens with two attached hydrogens (primary N) is 1. The van der Waals surface area contributed by atoms with Crippen molar-refractivity contribution in [1.82, 2.24) is 9.88 Å². The highest BCUT2D eigenvalue weighted by atomic mass is 15.0. The summed E-state index contributed by atoms with van der Waals surface area (Å²) in [5.41, 5.74) is 20.2. The SMILES string of the molecule is CC1(C)c2cc3ccccc3cc2-c2c(/C(=C/Cn3c4ccccc4c4cc(-c5ccccc5)ccc43)NC(N)c3ccccc3)cccc21. The topological polar surface area (TPSA) is 43.0 Å². The quantitative estimate of drug-likeness (QED) is 0.169. The maximum absolute atomic E-state index is 6.94. The molecule has 242 valence electrons. The fourth-order valence-electron chi connectivity index (χ4n) is 8.10. The molecular formula is C47H39N3. The first kappa shape index (κ1) is 30.2. The highest BCUT2D eigenvalue weighted by molar-refractivity contribution is 6.09. The van der Waals surface area contributed by atoms with Crippen molar-refractivity contribution in [3.63, 3.8) is 0 Å². The summed E-state index contributed by atoms with van der Waals surface area (Å²) in [5.74, 6) is 0. The summed E-state index contributed by atoms with van der Waals surface area (Å²) in [5, 5.41) is 8.83. The van der Waals surface area contributed by atoms with E-state index in [0.29, 0.717) is 6.54 Å². The van der Waals surface area contributed by atoms with Crippen LogP contribution in [0.1, 0.15) is 42.3 Å². The van der Waals surface area contributed by atoms with Crippen molar-refractivity contribution in [1.29, 1.82) is 0 Å². The Kier molecular flexibility index (Phi) is 7.19. The van der Waals surface area contributed by atoms with Crippen molar-refractivity contribution in [2.45, 2.75) is 32.0 Å². The lowest BCUT2D eigenvalue weighted by Gasteiger charge is -2.23. The van der Waals surface area contributed by atoms with E-state index in [-0.39, 0.29) is 11.6 Å². The second-order valence-electron chi connectivity index (χ2n) is 14.0. The van der Waals surface area contributed by atoms with Gasteiger partial charge in [-0.1, -0.05) is 141 Å². The molecule has 0 spiro atoms. The molecule has 0 fully saturated rings. The first-order valence-corrected chi connectivity index (χ1v) is 17.5. The number of nitrogens with one attached hydrogen (secondary N) is 1. The molecule has 3 heteroatoms. The van der Waals surface area contributed by atoms with Crippen LogP contribution in [0.4, 0.5) is 0 Å². The fourth-order valence-corrected chi connectivity index (χ4v) is 8.10. The average Bonchev–Trinajstić information content (AvgIpc) is 3.60. The van der Waals surface area contributed by atoms with E-state index in [1.165, 1.54) is 71.5 Å². The van der Waals surface area contributed by atoms with Gasteiger partial charge in [-0.3, -0.25) is 0 Å². The maximum Gasteiger partial charge on any atom is 0.101 e. The molecule has 0 saturated carbocycles. The van der Waals surface area contributed by atoms with E-state index in [0.717, 1.165) is 11.3 Å². The van der Waals surface area contributed by atoms with Crippen molar-refractivity contribution < 1.29 is 0 Å². The molecule has 9 rings (SSSR count). The van der Waals surface area contributed by atoms with Gasteiger partial charge in [0.25, 0.3) is 0 Å². The van der Waals surface area contributed by atoms with Crippen LogP contribution in [0.3, 0.4) is 0 Å². The first-order valence-electron chi connectivity index (χ1n) is 17.5. The molecule has 0 bridgehead atoms. The van der Waals surface area contributed by atoms with Gasteiger partial charge in [0, 0.05) is 45.0 Å². The number of aromatic nitrogens is 1. The Morgan fingerprint density at radius 1 is 0.640 bits per heavy atom. The molecule has 0 saturated heterocycles. The lowest BCUT2D eigenvalue weighted by Crippen LogP contribution is -2.28. The van der Waals surface area contributed by atoms with Gasteiger partial charge in [-0.25, -0.2) is 0 Å². The van der Waals surface area contributed by atoms with Crippen LogP contribution in [0.5, 0.6) is 0 Å². The zero-order chi connectivity index (χ0) is 33.8. The minimum Gasteiger partial charge on any atom is -0.366 e. The van der Waals surface area contributed by atoms with Gasteiger partial charge >= 0.3 is 0 Å². The smallest absolute Gasteiger partial charge is 0.101 e. The second kappa shape index (κ2) is 11.9. The molecule has 8 aromatic rings. The zero-order valence-corrected chi connectivity index (χ0v) is 28.4. The number of hydrogen-bond donors (Lipinski definition) is 2. The number of allylic oxidation sites excluding steroid dienone is 1. The summed E-state index contributed by atoms with van der Waals surface area (Å²) < 4.78 is 2.43. The minimum absolute atomic E-state index is 0.138. The van der Waals surface area contributed by atoms with Crippen molar-refractivity contribution >= 4 is 38.3 Å². The van der Waals surface area contributed by atoms with Crippen LogP contribution in [0.2, 0.25) is 0 Å². The van der Waals surface area contributed by atoms with Crippen LogP contribution >= 0.6 is 0 Å². The van der Waals surface area contributed by atoms with E-state index in [1.807, 2.05) is 18.2 Å². The normalized spacial score (nSPS) is 14.2. The summed E-state index contributed by atoms with van der Waals surface area (Å²) >= 11 is 0. The number of para-hydroxylation sites is 1. The number of fused-ring (bicyclic) bond motifs is 7. The summed E-state index contributed by atoms with van der Waals surface area (Å²) in [4.78, 5) is 0. The van der Waals surface area contributed by atoms with Crippen LogP contribution in [0.25, 0.3) is 60.5 Å². The summed E-state index contributed by atoms with van der Waals surface area (Å²) in [7, 11) is 0. The molecule has 1 aromatic heterocycles. The molecule has 7 aromatic carbocycles. The minimum atomic E-state index is -0.379. The molecule has 0 radical (unpaired) electrons. The predicted octanol–water partition coefficient (Wildman–Crippen LogP) is 11.2. The fraction of sp³-hybridized carbons (Fsp3) is 0.106. The maximum atomic E-state index is 6.94. The van der Waals surface area contributed by atoms with Crippen LogP contribution in [-0.4, -0.2) is 4.57 Å². The molecule has 50 heavy (non-hydrogen) atoms. The van der Waals surface area contributed by atoms with Crippen LogP contribution < -0.4 is 11.1 Å². The van der Waals surface area contributed by atoms with Crippen molar-refractivity contribution in [3.05, 3.63) is 186 Å². The Morgan fingerprint density at radius 3 is 2.12 bits per heavy atom. The Bertz CT molecular complexity index is 2570. The first-order chi connectivity index (χ1) is 24.5. The third-order valence-corrected chi connectivity index (χ3v) is 10.7. The van der Waals surface area contributed by atoms with Crippen molar-refractivity contribution in [3.8, 4) is 22.3 Å². The lowest BCUT2D eigenvalue weighted by molar-refractivity contribution is 0.658. The number of rotatable bonds is 7.